The summed E-state index contributed by atoms with van der Waals surface area (Å²) in [6.45, 7) is 5.61. The molecule has 2 atom stereocenters. The molecule has 7 heteroatoms. The monoisotopic (exact) mass is 294 g/mol. The quantitative estimate of drug-likeness (QED) is 0.817. The number of rotatable bonds is 5. The second kappa shape index (κ2) is 6.47. The van der Waals surface area contributed by atoms with Crippen LogP contribution in [0.3, 0.4) is 0 Å². The van der Waals surface area contributed by atoms with Crippen molar-refractivity contribution < 1.29 is 18.3 Å². The number of halogens is 3. The molecule has 0 amide bonds. The molecule has 2 unspecified atom stereocenters. The minimum atomic E-state index is -4.41. The largest absolute Gasteiger partial charge is 0.416 e. The Balaban J connectivity index is 3.06. The van der Waals surface area contributed by atoms with E-state index in [-0.39, 0.29) is 16.1 Å². The minimum Gasteiger partial charge on any atom is -0.392 e. The Morgan fingerprint density at radius 3 is 2.47 bits per heavy atom. The van der Waals surface area contributed by atoms with Crippen LogP contribution in [0.4, 0.5) is 19.0 Å². The van der Waals surface area contributed by atoms with Crippen LogP contribution in [0.2, 0.25) is 0 Å². The van der Waals surface area contributed by atoms with Crippen molar-refractivity contribution in [3.8, 4) is 0 Å². The fourth-order valence-corrected chi connectivity index (χ4v) is 2.21. The summed E-state index contributed by atoms with van der Waals surface area (Å²) in [6.07, 6.45) is -5.03. The third-order valence-electron chi connectivity index (χ3n) is 2.47. The van der Waals surface area contributed by atoms with Gasteiger partial charge < -0.3 is 10.4 Å². The molecule has 0 bridgehead atoms. The second-order valence-electron chi connectivity index (χ2n) is 4.17. The summed E-state index contributed by atoms with van der Waals surface area (Å²) in [5, 5.41) is 12.2. The van der Waals surface area contributed by atoms with Crippen LogP contribution >= 0.6 is 11.8 Å². The highest BCUT2D eigenvalue weighted by Crippen LogP contribution is 2.34. The van der Waals surface area contributed by atoms with Crippen molar-refractivity contribution in [3.63, 3.8) is 0 Å². The fraction of sp³-hybridized carbons (Fsp3) is 0.583. The van der Waals surface area contributed by atoms with E-state index in [2.05, 4.69) is 10.3 Å². The molecule has 0 aliphatic rings. The number of pyridine rings is 1. The molecule has 0 fully saturated rings. The highest BCUT2D eigenvalue weighted by molar-refractivity contribution is 7.99. The fourth-order valence-electron chi connectivity index (χ4n) is 1.29. The highest BCUT2D eigenvalue weighted by atomic mass is 32.2. The van der Waals surface area contributed by atoms with Gasteiger partial charge in [0.25, 0.3) is 0 Å². The normalized spacial score (nSPS) is 15.1. The molecule has 3 nitrogen and oxygen atoms in total. The molecule has 0 radical (unpaired) electrons. The average molecular weight is 294 g/mol. The van der Waals surface area contributed by atoms with Gasteiger partial charge in [0.2, 0.25) is 0 Å². The lowest BCUT2D eigenvalue weighted by atomic mass is 10.2. The van der Waals surface area contributed by atoms with Gasteiger partial charge in [-0.05, 0) is 26.0 Å². The molecule has 0 aromatic carbocycles. The van der Waals surface area contributed by atoms with Gasteiger partial charge in [0.1, 0.15) is 5.82 Å². The van der Waals surface area contributed by atoms with Crippen molar-refractivity contribution in [2.75, 3.05) is 11.9 Å². The molecule has 0 spiro atoms. The van der Waals surface area contributed by atoms with Crippen LogP contribution in [-0.2, 0) is 6.18 Å². The molecule has 1 aromatic heterocycles. The predicted octanol–water partition coefficient (Wildman–Crippen LogP) is 3.39. The first-order valence-corrected chi connectivity index (χ1v) is 6.80. The van der Waals surface area contributed by atoms with Crippen molar-refractivity contribution in [1.29, 1.82) is 0 Å². The zero-order chi connectivity index (χ0) is 14.6. The number of nitrogens with zero attached hydrogens (tertiary/aromatic N) is 1. The molecule has 0 aliphatic carbocycles. The minimum absolute atomic E-state index is 0.192. The summed E-state index contributed by atoms with van der Waals surface area (Å²) in [7, 11) is 0. The molecule has 1 aromatic rings. The van der Waals surface area contributed by atoms with Crippen molar-refractivity contribution in [2.45, 2.75) is 43.3 Å². The average Bonchev–Trinajstić information content (AvgIpc) is 2.27. The van der Waals surface area contributed by atoms with Crippen molar-refractivity contribution in [2.24, 2.45) is 0 Å². The van der Waals surface area contributed by atoms with Crippen molar-refractivity contribution >= 4 is 17.6 Å². The lowest BCUT2D eigenvalue weighted by molar-refractivity contribution is -0.137. The van der Waals surface area contributed by atoms with Gasteiger partial charge in [-0.25, -0.2) is 4.98 Å². The molecule has 19 heavy (non-hydrogen) atoms. The summed E-state index contributed by atoms with van der Waals surface area (Å²) in [5.74, 6) is 0.192. The van der Waals surface area contributed by atoms with Crippen LogP contribution in [0.5, 0.6) is 0 Å². The maximum absolute atomic E-state index is 12.8. The van der Waals surface area contributed by atoms with E-state index < -0.39 is 17.8 Å². The molecular weight excluding hydrogens is 277 g/mol. The summed E-state index contributed by atoms with van der Waals surface area (Å²) >= 11 is 1.12. The van der Waals surface area contributed by atoms with Crippen molar-refractivity contribution in [3.05, 3.63) is 17.7 Å². The molecule has 1 rings (SSSR count). The van der Waals surface area contributed by atoms with E-state index in [4.69, 9.17) is 0 Å². The van der Waals surface area contributed by atoms with Gasteiger partial charge in [-0.3, -0.25) is 0 Å². The number of anilines is 1. The van der Waals surface area contributed by atoms with Crippen LogP contribution < -0.4 is 5.32 Å². The van der Waals surface area contributed by atoms with Crippen LogP contribution in [-0.4, -0.2) is 28.0 Å². The number of alkyl halides is 3. The molecule has 0 saturated heterocycles. The third-order valence-corrected chi connectivity index (χ3v) is 3.69. The number of hydrogen-bond acceptors (Lipinski definition) is 4. The lowest BCUT2D eigenvalue weighted by Crippen LogP contribution is -2.16. The summed E-state index contributed by atoms with van der Waals surface area (Å²) in [5.41, 5.74) is -0.737. The van der Waals surface area contributed by atoms with Gasteiger partial charge in [0.05, 0.1) is 16.7 Å². The van der Waals surface area contributed by atoms with Crippen LogP contribution in [0.15, 0.2) is 17.2 Å². The van der Waals surface area contributed by atoms with Crippen LogP contribution in [0, 0.1) is 0 Å². The topological polar surface area (TPSA) is 45.1 Å². The SMILES string of the molecule is CCNc1cc(C(F)(F)F)cc(SC(C)C(C)O)n1. The lowest BCUT2D eigenvalue weighted by Gasteiger charge is -2.16. The van der Waals surface area contributed by atoms with Crippen LogP contribution in [0.25, 0.3) is 0 Å². The van der Waals surface area contributed by atoms with Gasteiger partial charge in [-0.2, -0.15) is 13.2 Å². The Bertz CT molecular complexity index is 424. The number of aliphatic hydroxyl groups is 1. The van der Waals surface area contributed by atoms with E-state index in [0.717, 1.165) is 23.9 Å². The number of hydrogen-bond donors (Lipinski definition) is 2. The Morgan fingerprint density at radius 1 is 1.37 bits per heavy atom. The van der Waals surface area contributed by atoms with Crippen molar-refractivity contribution in [1.82, 2.24) is 4.98 Å². The van der Waals surface area contributed by atoms with Crippen LogP contribution in [0.1, 0.15) is 26.3 Å². The Hall–Kier alpha value is -0.950. The maximum atomic E-state index is 12.8. The molecular formula is C12H17F3N2OS. The van der Waals surface area contributed by atoms with Gasteiger partial charge in [-0.15, -0.1) is 11.8 Å². The number of aliphatic hydroxyl groups excluding tert-OH is 1. The number of aromatic nitrogens is 1. The number of thioether (sulfide) groups is 1. The zero-order valence-corrected chi connectivity index (χ0v) is 11.8. The number of nitrogens with one attached hydrogen (secondary N) is 1. The third kappa shape index (κ3) is 4.91. The summed E-state index contributed by atoms with van der Waals surface area (Å²) in [6, 6.07) is 1.99. The standard InChI is InChI=1S/C12H17F3N2OS/c1-4-16-10-5-9(12(13,14)15)6-11(17-10)19-8(3)7(2)18/h5-8,18H,4H2,1-3H3,(H,16,17). The highest BCUT2D eigenvalue weighted by Gasteiger charge is 2.32. The van der Waals surface area contributed by atoms with Gasteiger partial charge in [0, 0.05) is 11.8 Å². The van der Waals surface area contributed by atoms with Gasteiger partial charge in [-0.1, -0.05) is 6.92 Å². The molecule has 0 saturated carbocycles. The van der Waals surface area contributed by atoms with E-state index >= 15 is 0 Å². The first-order chi connectivity index (χ1) is 8.74. The van der Waals surface area contributed by atoms with E-state index in [1.807, 2.05) is 0 Å². The first kappa shape index (κ1) is 16.1. The van der Waals surface area contributed by atoms with E-state index in [0.29, 0.717) is 6.54 Å². The Kier molecular flexibility index (Phi) is 5.49. The molecule has 2 N–H and O–H groups in total. The summed E-state index contributed by atoms with van der Waals surface area (Å²) in [4.78, 5) is 4.10. The first-order valence-electron chi connectivity index (χ1n) is 5.92. The predicted molar refractivity (Wildman–Crippen MR) is 70.4 cm³/mol. The maximum Gasteiger partial charge on any atom is 0.416 e. The zero-order valence-electron chi connectivity index (χ0n) is 11.0. The van der Waals surface area contributed by atoms with Gasteiger partial charge in [0.15, 0.2) is 0 Å². The van der Waals surface area contributed by atoms with Gasteiger partial charge >= 0.3 is 6.18 Å². The molecule has 1 heterocycles. The van der Waals surface area contributed by atoms with E-state index in [1.165, 1.54) is 0 Å². The second-order valence-corrected chi connectivity index (χ2v) is 5.57. The Labute approximate surface area is 114 Å². The van der Waals surface area contributed by atoms with E-state index in [9.17, 15) is 18.3 Å². The molecule has 0 aliphatic heterocycles. The Morgan fingerprint density at radius 2 is 2.00 bits per heavy atom. The smallest absolute Gasteiger partial charge is 0.392 e. The molecule has 108 valence electrons. The summed E-state index contributed by atoms with van der Waals surface area (Å²) < 4.78 is 38.3. The van der Waals surface area contributed by atoms with E-state index in [1.54, 1.807) is 20.8 Å².